The lowest BCUT2D eigenvalue weighted by molar-refractivity contribution is 0.0875. The van der Waals surface area contributed by atoms with Gasteiger partial charge in [0.05, 0.1) is 6.61 Å². The number of aliphatic hydroxyl groups excluding tert-OH is 1. The number of nitrogens with zero attached hydrogens (tertiary/aromatic N) is 1. The Kier molecular flexibility index (Phi) is 7.49. The molecule has 1 aliphatic rings. The van der Waals surface area contributed by atoms with Gasteiger partial charge >= 0.3 is 0 Å². The molecule has 3 atom stereocenters. The average Bonchev–Trinajstić information content (AvgIpc) is 2.40. The molecule has 1 fully saturated rings. The molecule has 20 heavy (non-hydrogen) atoms. The summed E-state index contributed by atoms with van der Waals surface area (Å²) in [6.45, 7) is 12.6. The van der Waals surface area contributed by atoms with Gasteiger partial charge in [-0.25, -0.2) is 0 Å². The summed E-state index contributed by atoms with van der Waals surface area (Å²) in [6.07, 6.45) is 7.29. The minimum absolute atomic E-state index is 0.0869. The quantitative estimate of drug-likeness (QED) is 0.718. The number of piperidine rings is 1. The molecule has 1 saturated heterocycles. The zero-order chi connectivity index (χ0) is 15.2. The Labute approximate surface area is 126 Å². The second-order valence-electron chi connectivity index (χ2n) is 7.06. The number of likely N-dealkylation sites (tertiary alicyclic amines) is 1. The van der Waals surface area contributed by atoms with Crippen LogP contribution in [-0.2, 0) is 0 Å². The van der Waals surface area contributed by atoms with Crippen LogP contribution in [0.3, 0.4) is 0 Å². The van der Waals surface area contributed by atoms with Crippen LogP contribution in [0.25, 0.3) is 0 Å². The molecule has 0 spiro atoms. The molecule has 0 aromatic rings. The lowest BCUT2D eigenvalue weighted by Crippen LogP contribution is -2.52. The monoisotopic (exact) mass is 284 g/mol. The van der Waals surface area contributed by atoms with E-state index in [1.54, 1.807) is 0 Å². The third-order valence-corrected chi connectivity index (χ3v) is 5.02. The topological polar surface area (TPSA) is 35.5 Å². The standard InChI is InChI=1S/C17H36N2O/c1-6-17(13-20,18-14(2)3)11-8-12-19-15(4)9-7-10-16(19)5/h14-16,18,20H,6-13H2,1-5H3. The van der Waals surface area contributed by atoms with Crippen molar-refractivity contribution in [2.24, 2.45) is 0 Å². The van der Waals surface area contributed by atoms with E-state index in [9.17, 15) is 5.11 Å². The molecule has 1 rings (SSSR count). The van der Waals surface area contributed by atoms with Crippen LogP contribution in [-0.4, -0.2) is 46.8 Å². The second kappa shape index (κ2) is 8.35. The Balaban J connectivity index is 2.47. The molecule has 3 unspecified atom stereocenters. The molecule has 3 nitrogen and oxygen atoms in total. The van der Waals surface area contributed by atoms with Gasteiger partial charge in [0, 0.05) is 23.7 Å². The van der Waals surface area contributed by atoms with Gasteiger partial charge in [0.25, 0.3) is 0 Å². The Hall–Kier alpha value is -0.120. The zero-order valence-electron chi connectivity index (χ0n) is 14.3. The predicted molar refractivity (Wildman–Crippen MR) is 87.1 cm³/mol. The van der Waals surface area contributed by atoms with E-state index in [0.717, 1.165) is 24.9 Å². The highest BCUT2D eigenvalue weighted by Gasteiger charge is 2.29. The van der Waals surface area contributed by atoms with E-state index in [4.69, 9.17) is 0 Å². The molecule has 0 saturated carbocycles. The lowest BCUT2D eigenvalue weighted by Gasteiger charge is -2.40. The molecule has 0 bridgehead atoms. The molecule has 3 heteroatoms. The normalized spacial score (nSPS) is 27.8. The molecule has 0 aliphatic carbocycles. The van der Waals surface area contributed by atoms with E-state index in [1.165, 1.54) is 32.2 Å². The summed E-state index contributed by atoms with van der Waals surface area (Å²) < 4.78 is 0. The van der Waals surface area contributed by atoms with E-state index < -0.39 is 0 Å². The van der Waals surface area contributed by atoms with Gasteiger partial charge < -0.3 is 10.4 Å². The van der Waals surface area contributed by atoms with Crippen molar-refractivity contribution in [3.8, 4) is 0 Å². The first-order valence-corrected chi connectivity index (χ1v) is 8.58. The fraction of sp³-hybridized carbons (Fsp3) is 1.00. The summed E-state index contributed by atoms with van der Waals surface area (Å²) in [4.78, 5) is 2.66. The van der Waals surface area contributed by atoms with Crippen LogP contribution in [0.2, 0.25) is 0 Å². The zero-order valence-corrected chi connectivity index (χ0v) is 14.3. The number of nitrogens with one attached hydrogen (secondary N) is 1. The highest BCUT2D eigenvalue weighted by Crippen LogP contribution is 2.24. The van der Waals surface area contributed by atoms with E-state index in [-0.39, 0.29) is 12.1 Å². The van der Waals surface area contributed by atoms with Crippen LogP contribution in [0.15, 0.2) is 0 Å². The molecular formula is C17H36N2O. The average molecular weight is 284 g/mol. The minimum Gasteiger partial charge on any atom is -0.394 e. The molecule has 120 valence electrons. The van der Waals surface area contributed by atoms with Crippen LogP contribution in [0.1, 0.15) is 73.1 Å². The second-order valence-corrected chi connectivity index (χ2v) is 7.06. The number of hydrogen-bond donors (Lipinski definition) is 2. The van der Waals surface area contributed by atoms with E-state index in [1.807, 2.05) is 0 Å². The van der Waals surface area contributed by atoms with Crippen LogP contribution in [0, 0.1) is 0 Å². The van der Waals surface area contributed by atoms with Crippen LogP contribution in [0.4, 0.5) is 0 Å². The van der Waals surface area contributed by atoms with Crippen molar-refractivity contribution in [1.82, 2.24) is 10.2 Å². The maximum atomic E-state index is 9.79. The largest absolute Gasteiger partial charge is 0.394 e. The van der Waals surface area contributed by atoms with Crippen molar-refractivity contribution in [2.45, 2.75) is 96.8 Å². The molecule has 1 heterocycles. The third kappa shape index (κ3) is 5.01. The molecule has 0 amide bonds. The van der Waals surface area contributed by atoms with Gasteiger partial charge in [-0.15, -0.1) is 0 Å². The van der Waals surface area contributed by atoms with Crippen molar-refractivity contribution in [1.29, 1.82) is 0 Å². The fourth-order valence-corrected chi connectivity index (χ4v) is 3.72. The summed E-state index contributed by atoms with van der Waals surface area (Å²) in [5.74, 6) is 0. The van der Waals surface area contributed by atoms with Crippen molar-refractivity contribution in [3.05, 3.63) is 0 Å². The van der Waals surface area contributed by atoms with Gasteiger partial charge in [-0.2, -0.15) is 0 Å². The first kappa shape index (κ1) is 17.9. The van der Waals surface area contributed by atoms with Gasteiger partial charge in [-0.1, -0.05) is 27.2 Å². The van der Waals surface area contributed by atoms with Crippen LogP contribution >= 0.6 is 0 Å². The number of hydrogen-bond acceptors (Lipinski definition) is 3. The highest BCUT2D eigenvalue weighted by molar-refractivity contribution is 4.88. The Morgan fingerprint density at radius 2 is 1.85 bits per heavy atom. The maximum Gasteiger partial charge on any atom is 0.0613 e. The molecule has 2 N–H and O–H groups in total. The van der Waals surface area contributed by atoms with Gasteiger partial charge in [0.15, 0.2) is 0 Å². The van der Waals surface area contributed by atoms with E-state index in [0.29, 0.717) is 6.04 Å². The van der Waals surface area contributed by atoms with Crippen molar-refractivity contribution >= 4 is 0 Å². The first-order valence-electron chi connectivity index (χ1n) is 8.58. The summed E-state index contributed by atoms with van der Waals surface area (Å²) >= 11 is 0. The smallest absolute Gasteiger partial charge is 0.0613 e. The summed E-state index contributed by atoms with van der Waals surface area (Å²) in [5, 5.41) is 13.4. The molecular weight excluding hydrogens is 248 g/mol. The van der Waals surface area contributed by atoms with Gasteiger partial charge in [-0.3, -0.25) is 4.90 Å². The summed E-state index contributed by atoms with van der Waals surface area (Å²) in [7, 11) is 0. The van der Waals surface area contributed by atoms with E-state index in [2.05, 4.69) is 44.8 Å². The van der Waals surface area contributed by atoms with Crippen LogP contribution < -0.4 is 5.32 Å². The van der Waals surface area contributed by atoms with Gasteiger partial charge in [-0.05, 0) is 52.5 Å². The van der Waals surface area contributed by atoms with E-state index >= 15 is 0 Å². The van der Waals surface area contributed by atoms with Gasteiger partial charge in [0.2, 0.25) is 0 Å². The Bertz CT molecular complexity index is 254. The first-order chi connectivity index (χ1) is 9.44. The molecule has 0 radical (unpaired) electrons. The number of rotatable bonds is 8. The molecule has 0 aromatic heterocycles. The SMILES string of the molecule is CCC(CO)(CCCN1C(C)CCCC1C)NC(C)C. The molecule has 1 aliphatic heterocycles. The minimum atomic E-state index is -0.0869. The summed E-state index contributed by atoms with van der Waals surface area (Å²) in [5.41, 5.74) is -0.0869. The number of aliphatic hydroxyl groups is 1. The van der Waals surface area contributed by atoms with Crippen molar-refractivity contribution in [2.75, 3.05) is 13.2 Å². The predicted octanol–water partition coefficient (Wildman–Crippen LogP) is 3.17. The summed E-state index contributed by atoms with van der Waals surface area (Å²) in [6, 6.07) is 1.87. The molecule has 0 aromatic carbocycles. The van der Waals surface area contributed by atoms with Gasteiger partial charge in [0.1, 0.15) is 0 Å². The highest BCUT2D eigenvalue weighted by atomic mass is 16.3. The van der Waals surface area contributed by atoms with Crippen LogP contribution in [0.5, 0.6) is 0 Å². The third-order valence-electron chi connectivity index (χ3n) is 5.02. The lowest BCUT2D eigenvalue weighted by atomic mass is 9.89. The Morgan fingerprint density at radius 1 is 1.25 bits per heavy atom. The van der Waals surface area contributed by atoms with Crippen molar-refractivity contribution < 1.29 is 5.11 Å². The Morgan fingerprint density at radius 3 is 2.30 bits per heavy atom. The van der Waals surface area contributed by atoms with Crippen molar-refractivity contribution in [3.63, 3.8) is 0 Å². The maximum absolute atomic E-state index is 9.79. The fourth-order valence-electron chi connectivity index (χ4n) is 3.72.